The first kappa shape index (κ1) is 11.9. The van der Waals surface area contributed by atoms with E-state index in [4.69, 9.17) is 0 Å². The number of hydrogen-bond acceptors (Lipinski definition) is 3. The van der Waals surface area contributed by atoms with Crippen LogP contribution in [0.3, 0.4) is 0 Å². The van der Waals surface area contributed by atoms with E-state index in [9.17, 15) is 0 Å². The van der Waals surface area contributed by atoms with Crippen LogP contribution in [0.5, 0.6) is 0 Å². The molecule has 19 heavy (non-hydrogen) atoms. The van der Waals surface area contributed by atoms with Crippen molar-refractivity contribution < 1.29 is 0 Å². The molecule has 2 aromatic heterocycles. The molecule has 0 amide bonds. The minimum absolute atomic E-state index is 0.765. The van der Waals surface area contributed by atoms with Crippen LogP contribution in [0.25, 0.3) is 22.6 Å². The Kier molecular flexibility index (Phi) is 3.25. The number of aromatic nitrogens is 3. The molecule has 4 heteroatoms. The van der Waals surface area contributed by atoms with Gasteiger partial charge >= 0.3 is 0 Å². The van der Waals surface area contributed by atoms with E-state index in [0.717, 1.165) is 35.5 Å². The van der Waals surface area contributed by atoms with Gasteiger partial charge in [-0.3, -0.25) is 0 Å². The van der Waals surface area contributed by atoms with Crippen molar-refractivity contribution in [2.45, 2.75) is 6.42 Å². The molecule has 0 atom stereocenters. The van der Waals surface area contributed by atoms with Crippen LogP contribution in [0.15, 0.2) is 42.6 Å². The van der Waals surface area contributed by atoms with E-state index in [1.54, 1.807) is 6.20 Å². The first-order chi connectivity index (χ1) is 9.38. The van der Waals surface area contributed by atoms with Crippen LogP contribution < -0.4 is 5.32 Å². The van der Waals surface area contributed by atoms with E-state index in [2.05, 4.69) is 38.5 Å². The minimum atomic E-state index is 0.765. The molecule has 96 valence electrons. The summed E-state index contributed by atoms with van der Waals surface area (Å²) in [5.41, 5.74) is 4.17. The fourth-order valence-corrected chi connectivity index (χ4v) is 2.20. The van der Waals surface area contributed by atoms with Gasteiger partial charge in [-0.2, -0.15) is 0 Å². The first-order valence-corrected chi connectivity index (χ1v) is 6.42. The molecule has 0 saturated carbocycles. The number of hydrogen-bond donors (Lipinski definition) is 2. The third-order valence-corrected chi connectivity index (χ3v) is 3.17. The summed E-state index contributed by atoms with van der Waals surface area (Å²) in [7, 11) is 1.97. The number of pyridine rings is 1. The standard InChI is InChI=1S/C15H16N4/c1-16-10-8-11-5-2-3-6-12(11)14-18-13-7-4-9-17-15(13)19-14/h2-7,9,16H,8,10H2,1H3,(H,17,18,19). The lowest BCUT2D eigenvalue weighted by atomic mass is 10.0. The van der Waals surface area contributed by atoms with Crippen molar-refractivity contribution in [1.82, 2.24) is 20.3 Å². The molecule has 3 aromatic rings. The molecule has 3 rings (SSSR count). The molecule has 0 unspecified atom stereocenters. The van der Waals surface area contributed by atoms with Crippen molar-refractivity contribution in [1.29, 1.82) is 0 Å². The smallest absolute Gasteiger partial charge is 0.178 e. The number of benzene rings is 1. The van der Waals surface area contributed by atoms with Crippen LogP contribution >= 0.6 is 0 Å². The fraction of sp³-hybridized carbons (Fsp3) is 0.200. The average Bonchev–Trinajstić information content (AvgIpc) is 2.89. The Morgan fingerprint density at radius 3 is 2.89 bits per heavy atom. The van der Waals surface area contributed by atoms with Crippen LogP contribution in [0.2, 0.25) is 0 Å². The van der Waals surface area contributed by atoms with Crippen molar-refractivity contribution in [3.63, 3.8) is 0 Å². The number of likely N-dealkylation sites (N-methyl/N-ethyl adjacent to an activating group) is 1. The highest BCUT2D eigenvalue weighted by Crippen LogP contribution is 2.23. The molecule has 0 aliphatic heterocycles. The summed E-state index contributed by atoms with van der Waals surface area (Å²) in [4.78, 5) is 12.2. The molecule has 0 spiro atoms. The number of imidazole rings is 1. The molecule has 0 radical (unpaired) electrons. The number of rotatable bonds is 4. The lowest BCUT2D eigenvalue weighted by molar-refractivity contribution is 0.792. The third-order valence-electron chi connectivity index (χ3n) is 3.17. The number of nitrogens with one attached hydrogen (secondary N) is 2. The van der Waals surface area contributed by atoms with E-state index >= 15 is 0 Å². The highest BCUT2D eigenvalue weighted by atomic mass is 15.0. The van der Waals surface area contributed by atoms with Gasteiger partial charge in [0.25, 0.3) is 0 Å². The zero-order valence-electron chi connectivity index (χ0n) is 10.9. The maximum atomic E-state index is 4.56. The summed E-state index contributed by atoms with van der Waals surface area (Å²) in [5, 5.41) is 3.18. The quantitative estimate of drug-likeness (QED) is 0.749. The van der Waals surface area contributed by atoms with Gasteiger partial charge in [0.1, 0.15) is 5.82 Å². The Hall–Kier alpha value is -2.20. The van der Waals surface area contributed by atoms with Crippen molar-refractivity contribution in [2.24, 2.45) is 0 Å². The van der Waals surface area contributed by atoms with Crippen molar-refractivity contribution in [3.05, 3.63) is 48.2 Å². The van der Waals surface area contributed by atoms with Gasteiger partial charge in [-0.05, 0) is 37.7 Å². The van der Waals surface area contributed by atoms with Gasteiger partial charge in [-0.15, -0.1) is 0 Å². The number of nitrogens with zero attached hydrogens (tertiary/aromatic N) is 2. The average molecular weight is 252 g/mol. The summed E-state index contributed by atoms with van der Waals surface area (Å²) in [6.07, 6.45) is 2.75. The van der Waals surface area contributed by atoms with Gasteiger partial charge in [0.15, 0.2) is 5.65 Å². The zero-order valence-corrected chi connectivity index (χ0v) is 10.9. The number of H-pyrrole nitrogens is 1. The SMILES string of the molecule is CNCCc1ccccc1-c1nc2ncccc2[nH]1. The predicted octanol–water partition coefficient (Wildman–Crippen LogP) is 2.39. The van der Waals surface area contributed by atoms with Crippen LogP contribution in [0.4, 0.5) is 0 Å². The second-order valence-electron chi connectivity index (χ2n) is 4.47. The molecule has 0 bridgehead atoms. The topological polar surface area (TPSA) is 53.6 Å². The third kappa shape index (κ3) is 2.35. The molecular weight excluding hydrogens is 236 g/mol. The summed E-state index contributed by atoms with van der Waals surface area (Å²) in [6.45, 7) is 0.954. The molecule has 0 saturated heterocycles. The normalized spacial score (nSPS) is 11.0. The first-order valence-electron chi connectivity index (χ1n) is 6.42. The van der Waals surface area contributed by atoms with Crippen molar-refractivity contribution >= 4 is 11.2 Å². The molecular formula is C15H16N4. The fourth-order valence-electron chi connectivity index (χ4n) is 2.20. The predicted molar refractivity (Wildman–Crippen MR) is 77.0 cm³/mol. The van der Waals surface area contributed by atoms with Gasteiger partial charge in [0.2, 0.25) is 0 Å². The van der Waals surface area contributed by atoms with E-state index in [-0.39, 0.29) is 0 Å². The van der Waals surface area contributed by atoms with Gasteiger partial charge < -0.3 is 10.3 Å². The van der Waals surface area contributed by atoms with E-state index < -0.39 is 0 Å². The summed E-state index contributed by atoms with van der Waals surface area (Å²) in [5.74, 6) is 0.889. The number of aromatic amines is 1. The monoisotopic (exact) mass is 252 g/mol. The molecule has 0 aliphatic rings. The maximum absolute atomic E-state index is 4.56. The molecule has 0 aliphatic carbocycles. The van der Waals surface area contributed by atoms with E-state index in [1.807, 2.05) is 25.2 Å². The maximum Gasteiger partial charge on any atom is 0.178 e. The van der Waals surface area contributed by atoms with Gasteiger partial charge in [-0.25, -0.2) is 9.97 Å². The lowest BCUT2D eigenvalue weighted by Crippen LogP contribution is -2.10. The van der Waals surface area contributed by atoms with Gasteiger partial charge in [-0.1, -0.05) is 24.3 Å². The van der Waals surface area contributed by atoms with Crippen molar-refractivity contribution in [2.75, 3.05) is 13.6 Å². The second kappa shape index (κ2) is 5.20. The van der Waals surface area contributed by atoms with Gasteiger partial charge in [0.05, 0.1) is 5.52 Å². The summed E-state index contributed by atoms with van der Waals surface area (Å²) in [6, 6.07) is 12.3. The largest absolute Gasteiger partial charge is 0.337 e. The molecule has 1 aromatic carbocycles. The van der Waals surface area contributed by atoms with Crippen molar-refractivity contribution in [3.8, 4) is 11.4 Å². The second-order valence-corrected chi connectivity index (χ2v) is 4.47. The minimum Gasteiger partial charge on any atom is -0.337 e. The van der Waals surface area contributed by atoms with Crippen LogP contribution in [0.1, 0.15) is 5.56 Å². The summed E-state index contributed by atoms with van der Waals surface area (Å²) < 4.78 is 0. The Morgan fingerprint density at radius 1 is 1.16 bits per heavy atom. The molecule has 2 N–H and O–H groups in total. The molecule has 2 heterocycles. The zero-order chi connectivity index (χ0) is 13.1. The molecule has 4 nitrogen and oxygen atoms in total. The van der Waals surface area contributed by atoms with Crippen LogP contribution in [-0.4, -0.2) is 28.5 Å². The Labute approximate surface area is 111 Å². The van der Waals surface area contributed by atoms with Crippen LogP contribution in [0, 0.1) is 0 Å². The Bertz CT molecular complexity index is 654. The van der Waals surface area contributed by atoms with Gasteiger partial charge in [0, 0.05) is 11.8 Å². The van der Waals surface area contributed by atoms with E-state index in [1.165, 1.54) is 5.56 Å². The molecule has 0 fully saturated rings. The summed E-state index contributed by atoms with van der Waals surface area (Å²) >= 11 is 0. The number of fused-ring (bicyclic) bond motifs is 1. The Morgan fingerprint density at radius 2 is 2.05 bits per heavy atom. The lowest BCUT2D eigenvalue weighted by Gasteiger charge is -2.06. The Balaban J connectivity index is 2.05. The highest BCUT2D eigenvalue weighted by molar-refractivity contribution is 5.76. The van der Waals surface area contributed by atoms with Crippen LogP contribution in [-0.2, 0) is 6.42 Å². The highest BCUT2D eigenvalue weighted by Gasteiger charge is 2.09. The van der Waals surface area contributed by atoms with E-state index in [0.29, 0.717) is 0 Å².